The number of nitrogens with zero attached hydrogens (tertiary/aromatic N) is 3. The van der Waals surface area contributed by atoms with Crippen molar-refractivity contribution < 1.29 is 0 Å². The Kier molecular flexibility index (Phi) is 4.50. The number of rotatable bonds is 3. The number of aromatic nitrogens is 2. The van der Waals surface area contributed by atoms with Crippen LogP contribution in [-0.2, 0) is 0 Å². The van der Waals surface area contributed by atoms with Gasteiger partial charge in [0.15, 0.2) is 0 Å². The van der Waals surface area contributed by atoms with E-state index in [4.69, 9.17) is 10.2 Å². The smallest absolute Gasteiger partial charge is 0.140 e. The minimum Gasteiger partial charge on any atom is -0.355 e. The van der Waals surface area contributed by atoms with Gasteiger partial charge in [-0.15, -0.1) is 0 Å². The minimum absolute atomic E-state index is 0.424. The summed E-state index contributed by atoms with van der Waals surface area (Å²) < 4.78 is 0. The fourth-order valence-corrected chi connectivity index (χ4v) is 3.44. The molecule has 0 spiro atoms. The van der Waals surface area contributed by atoms with Crippen LogP contribution in [0.1, 0.15) is 22.5 Å². The molecule has 2 heterocycles. The Bertz CT molecular complexity index is 1200. The molecule has 0 saturated heterocycles. The maximum absolute atomic E-state index is 8.88. The van der Waals surface area contributed by atoms with Gasteiger partial charge in [0, 0.05) is 34.2 Å². The Balaban J connectivity index is 1.67. The van der Waals surface area contributed by atoms with Crippen LogP contribution in [-0.4, -0.2) is 9.97 Å². The molecule has 2 aromatic carbocycles. The van der Waals surface area contributed by atoms with E-state index in [-0.39, 0.29) is 0 Å². The van der Waals surface area contributed by atoms with Gasteiger partial charge in [-0.05, 0) is 68.3 Å². The summed E-state index contributed by atoms with van der Waals surface area (Å²) in [6.07, 6.45) is 1.73. The van der Waals surface area contributed by atoms with Gasteiger partial charge in [-0.1, -0.05) is 23.8 Å². The molecule has 4 heteroatoms. The van der Waals surface area contributed by atoms with Crippen molar-refractivity contribution in [2.24, 2.45) is 0 Å². The highest BCUT2D eigenvalue weighted by Crippen LogP contribution is 2.30. The first-order valence-electron chi connectivity index (χ1n) is 9.16. The molecule has 0 aliphatic heterocycles. The lowest BCUT2D eigenvalue weighted by atomic mass is 10.0. The normalized spacial score (nSPS) is 10.6. The fraction of sp³-hybridized carbons (Fsp3) is 0.125. The second kappa shape index (κ2) is 7.13. The molecule has 136 valence electrons. The van der Waals surface area contributed by atoms with E-state index in [9.17, 15) is 0 Å². The van der Waals surface area contributed by atoms with E-state index in [1.165, 1.54) is 11.1 Å². The van der Waals surface area contributed by atoms with Crippen molar-refractivity contribution in [2.75, 3.05) is 5.32 Å². The lowest BCUT2D eigenvalue weighted by molar-refractivity contribution is 1.23. The summed E-state index contributed by atoms with van der Waals surface area (Å²) >= 11 is 0. The van der Waals surface area contributed by atoms with E-state index in [0.29, 0.717) is 5.69 Å². The number of nitriles is 1. The Morgan fingerprint density at radius 1 is 0.893 bits per heavy atom. The SMILES string of the molecule is Cc1cc(C)c2nc(C)cc(Nc3ccc(-c4ccc(C#N)nc4)cc3)c2c1. The van der Waals surface area contributed by atoms with E-state index in [1.54, 1.807) is 12.3 Å². The summed E-state index contributed by atoms with van der Waals surface area (Å²) in [5, 5.41) is 13.5. The number of fused-ring (bicyclic) bond motifs is 1. The predicted molar refractivity (Wildman–Crippen MR) is 114 cm³/mol. The van der Waals surface area contributed by atoms with Gasteiger partial charge in [0.2, 0.25) is 0 Å². The number of benzene rings is 2. The van der Waals surface area contributed by atoms with Crippen molar-refractivity contribution >= 4 is 22.3 Å². The quantitative estimate of drug-likeness (QED) is 0.496. The molecule has 0 atom stereocenters. The molecule has 28 heavy (non-hydrogen) atoms. The topological polar surface area (TPSA) is 61.6 Å². The molecule has 1 N–H and O–H groups in total. The van der Waals surface area contributed by atoms with Crippen LogP contribution in [0.15, 0.2) is 60.8 Å². The predicted octanol–water partition coefficient (Wildman–Crippen LogP) is 5.84. The third-order valence-corrected chi connectivity index (χ3v) is 4.75. The van der Waals surface area contributed by atoms with Gasteiger partial charge in [0.05, 0.1) is 5.52 Å². The van der Waals surface area contributed by atoms with Crippen molar-refractivity contribution in [1.82, 2.24) is 9.97 Å². The summed E-state index contributed by atoms with van der Waals surface area (Å²) in [7, 11) is 0. The average molecular weight is 364 g/mol. The molecule has 0 saturated carbocycles. The molecule has 4 rings (SSSR count). The molecule has 4 aromatic rings. The highest BCUT2D eigenvalue weighted by molar-refractivity contribution is 5.95. The van der Waals surface area contributed by atoms with E-state index in [2.05, 4.69) is 66.6 Å². The van der Waals surface area contributed by atoms with Crippen molar-refractivity contribution in [3.05, 3.63) is 83.3 Å². The third kappa shape index (κ3) is 3.43. The number of hydrogen-bond acceptors (Lipinski definition) is 4. The lowest BCUT2D eigenvalue weighted by Crippen LogP contribution is -1.96. The lowest BCUT2D eigenvalue weighted by Gasteiger charge is -2.13. The summed E-state index contributed by atoms with van der Waals surface area (Å²) in [5.74, 6) is 0. The summed E-state index contributed by atoms with van der Waals surface area (Å²) in [6, 6.07) is 20.3. The summed E-state index contributed by atoms with van der Waals surface area (Å²) in [5.41, 5.74) is 8.97. The molecule has 2 aromatic heterocycles. The van der Waals surface area contributed by atoms with Crippen LogP contribution in [0.2, 0.25) is 0 Å². The van der Waals surface area contributed by atoms with E-state index >= 15 is 0 Å². The van der Waals surface area contributed by atoms with Crippen molar-refractivity contribution in [2.45, 2.75) is 20.8 Å². The Morgan fingerprint density at radius 2 is 1.64 bits per heavy atom. The molecule has 0 aliphatic carbocycles. The van der Waals surface area contributed by atoms with Crippen LogP contribution >= 0.6 is 0 Å². The van der Waals surface area contributed by atoms with Gasteiger partial charge in [-0.3, -0.25) is 4.98 Å². The van der Waals surface area contributed by atoms with E-state index in [0.717, 1.165) is 39.1 Å². The van der Waals surface area contributed by atoms with Crippen LogP contribution in [0.5, 0.6) is 0 Å². The molecule has 0 amide bonds. The maximum Gasteiger partial charge on any atom is 0.140 e. The van der Waals surface area contributed by atoms with Gasteiger partial charge < -0.3 is 5.32 Å². The van der Waals surface area contributed by atoms with E-state index < -0.39 is 0 Å². The van der Waals surface area contributed by atoms with Gasteiger partial charge in [0.25, 0.3) is 0 Å². The van der Waals surface area contributed by atoms with E-state index in [1.807, 2.05) is 19.1 Å². The zero-order chi connectivity index (χ0) is 19.7. The second-order valence-corrected chi connectivity index (χ2v) is 7.04. The average Bonchev–Trinajstić information content (AvgIpc) is 2.69. The highest BCUT2D eigenvalue weighted by atomic mass is 14.9. The van der Waals surface area contributed by atoms with Gasteiger partial charge in [0.1, 0.15) is 11.8 Å². The van der Waals surface area contributed by atoms with Crippen LogP contribution in [0.4, 0.5) is 11.4 Å². The Hall–Kier alpha value is -3.71. The van der Waals surface area contributed by atoms with Crippen LogP contribution in [0, 0.1) is 32.1 Å². The van der Waals surface area contributed by atoms with Crippen molar-refractivity contribution in [1.29, 1.82) is 5.26 Å². The fourth-order valence-electron chi connectivity index (χ4n) is 3.44. The maximum atomic E-state index is 8.88. The van der Waals surface area contributed by atoms with Crippen LogP contribution < -0.4 is 5.32 Å². The zero-order valence-corrected chi connectivity index (χ0v) is 16.1. The van der Waals surface area contributed by atoms with Gasteiger partial charge in [-0.2, -0.15) is 5.26 Å². The van der Waals surface area contributed by atoms with Crippen molar-refractivity contribution in [3.63, 3.8) is 0 Å². The molecule has 0 fully saturated rings. The zero-order valence-electron chi connectivity index (χ0n) is 16.1. The Morgan fingerprint density at radius 3 is 2.32 bits per heavy atom. The number of nitrogens with one attached hydrogen (secondary N) is 1. The highest BCUT2D eigenvalue weighted by Gasteiger charge is 2.08. The molecular formula is C24H20N4. The largest absolute Gasteiger partial charge is 0.355 e. The molecule has 0 bridgehead atoms. The first-order valence-corrected chi connectivity index (χ1v) is 9.16. The van der Waals surface area contributed by atoms with Crippen LogP contribution in [0.3, 0.4) is 0 Å². The Labute approximate surface area is 164 Å². The summed E-state index contributed by atoms with van der Waals surface area (Å²) in [4.78, 5) is 8.86. The first kappa shape index (κ1) is 17.7. The molecular weight excluding hydrogens is 344 g/mol. The number of anilines is 2. The van der Waals surface area contributed by atoms with Crippen molar-refractivity contribution in [3.8, 4) is 17.2 Å². The minimum atomic E-state index is 0.424. The molecule has 0 unspecified atom stereocenters. The second-order valence-electron chi connectivity index (χ2n) is 7.04. The standard InChI is InChI=1S/C24H20N4/c1-15-10-16(2)24-22(11-15)23(12-17(3)27-24)28-20-7-4-18(5-8-20)19-6-9-21(13-25)26-14-19/h4-12,14H,1-3H3,(H,27,28). The first-order chi connectivity index (χ1) is 13.5. The summed E-state index contributed by atoms with van der Waals surface area (Å²) in [6.45, 7) is 6.23. The van der Waals surface area contributed by atoms with Gasteiger partial charge in [-0.25, -0.2) is 4.98 Å². The number of pyridine rings is 2. The number of aryl methyl sites for hydroxylation is 3. The molecule has 0 aliphatic rings. The molecule has 0 radical (unpaired) electrons. The monoisotopic (exact) mass is 364 g/mol. The van der Waals surface area contributed by atoms with Gasteiger partial charge >= 0.3 is 0 Å². The van der Waals surface area contributed by atoms with Crippen LogP contribution in [0.25, 0.3) is 22.0 Å². The molecule has 4 nitrogen and oxygen atoms in total. The number of hydrogen-bond donors (Lipinski definition) is 1. The third-order valence-electron chi connectivity index (χ3n) is 4.75.